The number of fused-ring (bicyclic) bond motifs is 1. The van der Waals surface area contributed by atoms with Gasteiger partial charge in [-0.2, -0.15) is 0 Å². The molecule has 0 saturated heterocycles. The van der Waals surface area contributed by atoms with Gasteiger partial charge in [-0.1, -0.05) is 15.9 Å². The zero-order valence-corrected chi connectivity index (χ0v) is 8.80. The van der Waals surface area contributed by atoms with Crippen LogP contribution in [0.25, 0.3) is 0 Å². The quantitative estimate of drug-likeness (QED) is 0.705. The second-order valence-corrected chi connectivity index (χ2v) is 3.92. The van der Waals surface area contributed by atoms with Gasteiger partial charge in [-0.15, -0.1) is 0 Å². The summed E-state index contributed by atoms with van der Waals surface area (Å²) in [6.07, 6.45) is -0.874. The number of amidine groups is 1. The van der Waals surface area contributed by atoms with Gasteiger partial charge in [0, 0.05) is 15.7 Å². The van der Waals surface area contributed by atoms with Gasteiger partial charge in [0.05, 0.1) is 0 Å². The van der Waals surface area contributed by atoms with Gasteiger partial charge in [-0.25, -0.2) is 4.99 Å². The fourth-order valence-electron chi connectivity index (χ4n) is 1.18. The van der Waals surface area contributed by atoms with E-state index in [9.17, 15) is 5.11 Å². The lowest BCUT2D eigenvalue weighted by Gasteiger charge is -2.19. The van der Waals surface area contributed by atoms with Gasteiger partial charge < -0.3 is 10.4 Å². The average Bonchev–Trinajstić information content (AvgIpc) is 2.06. The third-order valence-electron chi connectivity index (χ3n) is 1.77. The highest BCUT2D eigenvalue weighted by atomic mass is 79.9. The van der Waals surface area contributed by atoms with Crippen molar-refractivity contribution in [3.63, 3.8) is 0 Å². The first-order chi connectivity index (χ1) is 6.16. The van der Waals surface area contributed by atoms with Crippen LogP contribution in [0.2, 0.25) is 0 Å². The van der Waals surface area contributed by atoms with E-state index in [1.165, 1.54) is 0 Å². The Morgan fingerprint density at radius 3 is 3.08 bits per heavy atom. The molecule has 0 amide bonds. The Labute approximate surface area is 88.6 Å². The third kappa shape index (κ3) is 1.70. The SMILES string of the molecule is OC1N=C(Cl)Nc2ccc(Br)cc21. The molecule has 1 aromatic rings. The van der Waals surface area contributed by atoms with Crippen molar-refractivity contribution < 1.29 is 5.11 Å². The van der Waals surface area contributed by atoms with Crippen LogP contribution in [0.1, 0.15) is 11.8 Å². The molecular formula is C8H6BrClN2O. The lowest BCUT2D eigenvalue weighted by molar-refractivity contribution is 0.188. The van der Waals surface area contributed by atoms with Crippen LogP contribution in [0.4, 0.5) is 5.69 Å². The predicted molar refractivity (Wildman–Crippen MR) is 56.0 cm³/mol. The zero-order chi connectivity index (χ0) is 9.42. The molecule has 13 heavy (non-hydrogen) atoms. The number of aliphatic hydroxyl groups is 1. The highest BCUT2D eigenvalue weighted by Crippen LogP contribution is 2.30. The minimum atomic E-state index is -0.874. The van der Waals surface area contributed by atoms with E-state index in [-0.39, 0.29) is 5.29 Å². The lowest BCUT2D eigenvalue weighted by Crippen LogP contribution is -2.15. The number of benzene rings is 1. The maximum atomic E-state index is 9.52. The van der Waals surface area contributed by atoms with E-state index in [0.29, 0.717) is 0 Å². The summed E-state index contributed by atoms with van der Waals surface area (Å²) in [5, 5.41) is 12.6. The van der Waals surface area contributed by atoms with Crippen LogP contribution < -0.4 is 5.32 Å². The van der Waals surface area contributed by atoms with Gasteiger partial charge in [0.1, 0.15) is 0 Å². The standard InChI is InChI=1S/C8H6BrClN2O/c9-4-1-2-6-5(3-4)7(13)12-8(10)11-6/h1-3,7,13H,(H,11,12). The largest absolute Gasteiger partial charge is 0.368 e. The van der Waals surface area contributed by atoms with Gasteiger partial charge in [-0.05, 0) is 29.8 Å². The Balaban J connectivity index is 2.50. The number of halogens is 2. The second kappa shape index (κ2) is 3.29. The van der Waals surface area contributed by atoms with E-state index < -0.39 is 6.23 Å². The number of hydrogen-bond donors (Lipinski definition) is 2. The van der Waals surface area contributed by atoms with Crippen LogP contribution >= 0.6 is 27.5 Å². The molecule has 0 radical (unpaired) electrons. The monoisotopic (exact) mass is 260 g/mol. The first kappa shape index (κ1) is 8.99. The molecule has 0 spiro atoms. The normalized spacial score (nSPS) is 20.2. The predicted octanol–water partition coefficient (Wildman–Crippen LogP) is 2.46. The summed E-state index contributed by atoms with van der Waals surface area (Å²) in [7, 11) is 0. The molecule has 1 atom stereocenters. The smallest absolute Gasteiger partial charge is 0.198 e. The average molecular weight is 262 g/mol. The maximum Gasteiger partial charge on any atom is 0.198 e. The number of aliphatic imine (C=N–C) groups is 1. The number of aliphatic hydroxyl groups excluding tert-OH is 1. The van der Waals surface area contributed by atoms with Gasteiger partial charge in [0.25, 0.3) is 0 Å². The summed E-state index contributed by atoms with van der Waals surface area (Å²) in [6.45, 7) is 0. The Hall–Kier alpha value is -0.580. The van der Waals surface area contributed by atoms with Gasteiger partial charge >= 0.3 is 0 Å². The molecule has 0 fully saturated rings. The topological polar surface area (TPSA) is 44.6 Å². The van der Waals surface area contributed by atoms with E-state index in [1.54, 1.807) is 6.07 Å². The molecule has 0 aliphatic carbocycles. The van der Waals surface area contributed by atoms with Crippen LogP contribution in [0.5, 0.6) is 0 Å². The first-order valence-electron chi connectivity index (χ1n) is 3.64. The zero-order valence-electron chi connectivity index (χ0n) is 6.46. The van der Waals surface area contributed by atoms with Gasteiger partial charge in [-0.3, -0.25) is 0 Å². The van der Waals surface area contributed by atoms with Crippen molar-refractivity contribution in [3.05, 3.63) is 28.2 Å². The summed E-state index contributed by atoms with van der Waals surface area (Å²) >= 11 is 8.96. The molecule has 1 heterocycles. The van der Waals surface area contributed by atoms with Gasteiger partial charge in [0.2, 0.25) is 0 Å². The maximum absolute atomic E-state index is 9.52. The highest BCUT2D eigenvalue weighted by molar-refractivity contribution is 9.10. The first-order valence-corrected chi connectivity index (χ1v) is 4.82. The fraction of sp³-hybridized carbons (Fsp3) is 0.125. The van der Waals surface area contributed by atoms with Gasteiger partial charge in [0.15, 0.2) is 11.5 Å². The van der Waals surface area contributed by atoms with Crippen LogP contribution in [0.15, 0.2) is 27.7 Å². The molecule has 3 nitrogen and oxygen atoms in total. The van der Waals surface area contributed by atoms with Crippen molar-refractivity contribution in [1.82, 2.24) is 0 Å². The third-order valence-corrected chi connectivity index (χ3v) is 2.45. The van der Waals surface area contributed by atoms with Crippen LogP contribution in [0, 0.1) is 0 Å². The molecule has 1 aliphatic heterocycles. The molecule has 1 aliphatic rings. The number of hydrogen-bond acceptors (Lipinski definition) is 3. The number of nitrogens with one attached hydrogen (secondary N) is 1. The molecule has 2 N–H and O–H groups in total. The van der Waals surface area contributed by atoms with Crippen LogP contribution in [0.3, 0.4) is 0 Å². The van der Waals surface area contributed by atoms with Crippen LogP contribution in [-0.4, -0.2) is 10.4 Å². The molecule has 1 unspecified atom stereocenters. The van der Waals surface area contributed by atoms with E-state index >= 15 is 0 Å². The number of nitrogens with zero attached hydrogens (tertiary/aromatic N) is 1. The molecule has 0 saturated carbocycles. The Morgan fingerprint density at radius 1 is 1.54 bits per heavy atom. The highest BCUT2D eigenvalue weighted by Gasteiger charge is 2.17. The minimum Gasteiger partial charge on any atom is -0.368 e. The summed E-state index contributed by atoms with van der Waals surface area (Å²) < 4.78 is 0.903. The molecular weight excluding hydrogens is 255 g/mol. The van der Waals surface area contributed by atoms with E-state index in [0.717, 1.165) is 15.7 Å². The van der Waals surface area contributed by atoms with Crippen molar-refractivity contribution in [3.8, 4) is 0 Å². The molecule has 0 bridgehead atoms. The Kier molecular flexibility index (Phi) is 2.27. The summed E-state index contributed by atoms with van der Waals surface area (Å²) in [6, 6.07) is 5.51. The molecule has 0 aromatic heterocycles. The van der Waals surface area contributed by atoms with Crippen molar-refractivity contribution >= 4 is 38.5 Å². The van der Waals surface area contributed by atoms with Crippen molar-refractivity contribution in [2.24, 2.45) is 4.99 Å². The van der Waals surface area contributed by atoms with Crippen LogP contribution in [-0.2, 0) is 0 Å². The molecule has 5 heteroatoms. The summed E-state index contributed by atoms with van der Waals surface area (Å²) in [5.41, 5.74) is 1.51. The number of rotatable bonds is 0. The lowest BCUT2D eigenvalue weighted by atomic mass is 10.1. The summed E-state index contributed by atoms with van der Waals surface area (Å²) in [5.74, 6) is 0. The van der Waals surface area contributed by atoms with Crippen molar-refractivity contribution in [2.45, 2.75) is 6.23 Å². The van der Waals surface area contributed by atoms with Crippen molar-refractivity contribution in [2.75, 3.05) is 5.32 Å². The van der Waals surface area contributed by atoms with E-state index in [1.807, 2.05) is 12.1 Å². The number of anilines is 1. The second-order valence-electron chi connectivity index (χ2n) is 2.65. The van der Waals surface area contributed by atoms with Crippen molar-refractivity contribution in [1.29, 1.82) is 0 Å². The van der Waals surface area contributed by atoms with E-state index in [2.05, 4.69) is 26.2 Å². The van der Waals surface area contributed by atoms with E-state index in [4.69, 9.17) is 11.6 Å². The fourth-order valence-corrected chi connectivity index (χ4v) is 1.75. The summed E-state index contributed by atoms with van der Waals surface area (Å²) in [4.78, 5) is 3.77. The molecule has 2 rings (SSSR count). The minimum absolute atomic E-state index is 0.210. The Morgan fingerprint density at radius 2 is 2.31 bits per heavy atom. The molecule has 68 valence electrons. The Bertz CT molecular complexity index is 380. The molecule has 1 aromatic carbocycles.